The van der Waals surface area contributed by atoms with Crippen molar-refractivity contribution >= 4 is 16.8 Å². The molecule has 5 rings (SSSR count). The Hall–Kier alpha value is -2.59. The van der Waals surface area contributed by atoms with Crippen molar-refractivity contribution in [2.75, 3.05) is 19.6 Å². The van der Waals surface area contributed by atoms with Crippen LogP contribution in [0.1, 0.15) is 46.4 Å². The van der Waals surface area contributed by atoms with Gasteiger partial charge in [-0.1, -0.05) is 54.4 Å². The van der Waals surface area contributed by atoms with Crippen LogP contribution in [0, 0.1) is 6.92 Å². The Balaban J connectivity index is 1.57. The second-order valence-corrected chi connectivity index (χ2v) is 8.10. The van der Waals surface area contributed by atoms with Crippen LogP contribution in [0.25, 0.3) is 10.9 Å². The fraction of sp³-hybridized carbons (Fsp3) is 0.375. The van der Waals surface area contributed by atoms with Crippen molar-refractivity contribution in [3.8, 4) is 0 Å². The number of hydrogen-bond acceptors (Lipinski definition) is 2. The van der Waals surface area contributed by atoms with Crippen molar-refractivity contribution in [1.82, 2.24) is 14.6 Å². The number of amides is 1. The molecule has 0 unspecified atom stereocenters. The van der Waals surface area contributed by atoms with Gasteiger partial charge in [0.15, 0.2) is 0 Å². The number of benzene rings is 2. The lowest BCUT2D eigenvalue weighted by Gasteiger charge is -2.39. The largest absolute Gasteiger partial charge is 0.339 e. The summed E-state index contributed by atoms with van der Waals surface area (Å²) in [6.07, 6.45) is 4.56. The van der Waals surface area contributed by atoms with Gasteiger partial charge >= 0.3 is 0 Å². The van der Waals surface area contributed by atoms with Gasteiger partial charge in [0.1, 0.15) is 0 Å². The van der Waals surface area contributed by atoms with Crippen LogP contribution in [0.2, 0.25) is 0 Å². The van der Waals surface area contributed by atoms with E-state index < -0.39 is 0 Å². The SMILES string of the molecule is Cc1ccc(Cn2c3c(c4ccccc42)C(=O)N(N2CCCCC2)CC3)cc1. The molecule has 0 aliphatic carbocycles. The first-order valence-electron chi connectivity index (χ1n) is 10.4. The monoisotopic (exact) mass is 373 g/mol. The van der Waals surface area contributed by atoms with E-state index in [1.165, 1.54) is 41.6 Å². The molecule has 4 nitrogen and oxygen atoms in total. The van der Waals surface area contributed by atoms with Crippen molar-refractivity contribution in [3.63, 3.8) is 0 Å². The van der Waals surface area contributed by atoms with Crippen LogP contribution in [0.4, 0.5) is 0 Å². The predicted octanol–water partition coefficient (Wildman–Crippen LogP) is 4.40. The Morgan fingerprint density at radius 2 is 1.64 bits per heavy atom. The van der Waals surface area contributed by atoms with E-state index >= 15 is 0 Å². The van der Waals surface area contributed by atoms with Crippen molar-refractivity contribution in [1.29, 1.82) is 0 Å². The van der Waals surface area contributed by atoms with Gasteiger partial charge < -0.3 is 4.57 Å². The molecule has 3 heterocycles. The molecule has 1 aromatic heterocycles. The average molecular weight is 374 g/mol. The average Bonchev–Trinajstić information content (AvgIpc) is 3.05. The summed E-state index contributed by atoms with van der Waals surface area (Å²) in [5.74, 6) is 0.182. The lowest BCUT2D eigenvalue weighted by molar-refractivity contribution is -0.0236. The third-order valence-corrected chi connectivity index (χ3v) is 6.22. The van der Waals surface area contributed by atoms with E-state index in [4.69, 9.17) is 0 Å². The van der Waals surface area contributed by atoms with Crippen LogP contribution in [-0.4, -0.2) is 40.1 Å². The number of piperidine rings is 1. The highest BCUT2D eigenvalue weighted by Crippen LogP contribution is 2.32. The molecule has 1 fully saturated rings. The van der Waals surface area contributed by atoms with Gasteiger partial charge in [0.05, 0.1) is 5.56 Å². The molecule has 0 atom stereocenters. The van der Waals surface area contributed by atoms with E-state index in [1.807, 2.05) is 11.1 Å². The van der Waals surface area contributed by atoms with Crippen molar-refractivity contribution in [2.45, 2.75) is 39.2 Å². The van der Waals surface area contributed by atoms with Crippen molar-refractivity contribution in [3.05, 3.63) is 70.9 Å². The van der Waals surface area contributed by atoms with Crippen LogP contribution in [0.5, 0.6) is 0 Å². The van der Waals surface area contributed by atoms with Crippen LogP contribution in [-0.2, 0) is 13.0 Å². The summed E-state index contributed by atoms with van der Waals surface area (Å²) in [4.78, 5) is 13.5. The fourth-order valence-electron chi connectivity index (χ4n) is 4.74. The normalized spacial score (nSPS) is 17.9. The number of fused-ring (bicyclic) bond motifs is 3. The first kappa shape index (κ1) is 17.5. The zero-order valence-corrected chi connectivity index (χ0v) is 16.5. The Morgan fingerprint density at radius 1 is 0.893 bits per heavy atom. The number of para-hydroxylation sites is 1. The molecule has 3 aromatic rings. The second-order valence-electron chi connectivity index (χ2n) is 8.10. The highest BCUT2D eigenvalue weighted by Gasteiger charge is 2.33. The predicted molar refractivity (Wildman–Crippen MR) is 112 cm³/mol. The number of rotatable bonds is 3. The number of carbonyl (C=O) groups is 1. The maximum atomic E-state index is 13.5. The van der Waals surface area contributed by atoms with E-state index in [9.17, 15) is 4.79 Å². The van der Waals surface area contributed by atoms with Gasteiger partial charge in [-0.25, -0.2) is 5.01 Å². The lowest BCUT2D eigenvalue weighted by Crippen LogP contribution is -2.51. The van der Waals surface area contributed by atoms with Crippen LogP contribution in [0.15, 0.2) is 48.5 Å². The van der Waals surface area contributed by atoms with Gasteiger partial charge in [0.25, 0.3) is 5.91 Å². The van der Waals surface area contributed by atoms with E-state index in [0.717, 1.165) is 43.5 Å². The maximum absolute atomic E-state index is 13.5. The second kappa shape index (κ2) is 7.10. The number of hydrazine groups is 1. The van der Waals surface area contributed by atoms with E-state index in [2.05, 4.69) is 59.0 Å². The Labute approximate surface area is 166 Å². The summed E-state index contributed by atoms with van der Waals surface area (Å²) in [6, 6.07) is 17.1. The van der Waals surface area contributed by atoms with Crippen molar-refractivity contribution < 1.29 is 4.79 Å². The topological polar surface area (TPSA) is 28.5 Å². The highest BCUT2D eigenvalue weighted by molar-refractivity contribution is 6.09. The molecule has 0 N–H and O–H groups in total. The zero-order valence-electron chi connectivity index (χ0n) is 16.5. The van der Waals surface area contributed by atoms with Gasteiger partial charge in [-0.2, -0.15) is 0 Å². The third kappa shape index (κ3) is 2.92. The number of aryl methyl sites for hydroxylation is 1. The van der Waals surface area contributed by atoms with E-state index in [-0.39, 0.29) is 5.91 Å². The molecule has 2 aliphatic heterocycles. The van der Waals surface area contributed by atoms with Crippen LogP contribution >= 0.6 is 0 Å². The number of aromatic nitrogens is 1. The summed E-state index contributed by atoms with van der Waals surface area (Å²) >= 11 is 0. The molecule has 1 saturated heterocycles. The minimum Gasteiger partial charge on any atom is -0.339 e. The summed E-state index contributed by atoms with van der Waals surface area (Å²) in [5.41, 5.74) is 5.83. The Bertz CT molecular complexity index is 1010. The Kier molecular flexibility index (Phi) is 4.44. The fourth-order valence-corrected chi connectivity index (χ4v) is 4.74. The summed E-state index contributed by atoms with van der Waals surface area (Å²) in [7, 11) is 0. The molecule has 28 heavy (non-hydrogen) atoms. The summed E-state index contributed by atoms with van der Waals surface area (Å²) < 4.78 is 2.36. The first-order valence-corrected chi connectivity index (χ1v) is 10.4. The molecule has 4 heteroatoms. The van der Waals surface area contributed by atoms with Crippen LogP contribution < -0.4 is 0 Å². The summed E-state index contributed by atoms with van der Waals surface area (Å²) in [6.45, 7) is 5.72. The molecule has 144 valence electrons. The Morgan fingerprint density at radius 3 is 2.43 bits per heavy atom. The highest BCUT2D eigenvalue weighted by atomic mass is 16.2. The molecule has 0 bridgehead atoms. The minimum absolute atomic E-state index is 0.182. The third-order valence-electron chi connectivity index (χ3n) is 6.22. The quantitative estimate of drug-likeness (QED) is 0.681. The molecule has 0 spiro atoms. The van der Waals surface area contributed by atoms with Gasteiger partial charge in [-0.3, -0.25) is 9.80 Å². The zero-order chi connectivity index (χ0) is 19.1. The van der Waals surface area contributed by atoms with E-state index in [1.54, 1.807) is 0 Å². The molecule has 2 aromatic carbocycles. The van der Waals surface area contributed by atoms with Gasteiger partial charge in [-0.15, -0.1) is 0 Å². The standard InChI is InChI=1S/C24H27N3O/c1-18-9-11-19(12-10-18)17-26-21-8-4-3-7-20(21)23-22(26)13-16-27(24(23)28)25-14-5-2-6-15-25/h3-4,7-12H,2,5-6,13-17H2,1H3. The minimum atomic E-state index is 0.182. The smallest absolute Gasteiger partial charge is 0.270 e. The molecular formula is C24H27N3O. The first-order chi connectivity index (χ1) is 13.7. The van der Waals surface area contributed by atoms with Gasteiger partial charge in [0.2, 0.25) is 0 Å². The molecule has 2 aliphatic rings. The van der Waals surface area contributed by atoms with Gasteiger partial charge in [0, 0.05) is 49.2 Å². The molecule has 1 amide bonds. The van der Waals surface area contributed by atoms with E-state index in [0.29, 0.717) is 0 Å². The molecule has 0 radical (unpaired) electrons. The maximum Gasteiger partial charge on any atom is 0.270 e. The summed E-state index contributed by atoms with van der Waals surface area (Å²) in [5, 5.41) is 5.39. The number of hydrogen-bond donors (Lipinski definition) is 0. The lowest BCUT2D eigenvalue weighted by atomic mass is 10.0. The van der Waals surface area contributed by atoms with Crippen LogP contribution in [0.3, 0.4) is 0 Å². The molecular weight excluding hydrogens is 346 g/mol. The number of nitrogens with zero attached hydrogens (tertiary/aromatic N) is 3. The molecule has 0 saturated carbocycles. The van der Waals surface area contributed by atoms with Crippen molar-refractivity contribution in [2.24, 2.45) is 0 Å². The number of carbonyl (C=O) groups excluding carboxylic acids is 1. The van der Waals surface area contributed by atoms with Gasteiger partial charge in [-0.05, 0) is 31.4 Å².